The van der Waals surface area contributed by atoms with Gasteiger partial charge in [-0.1, -0.05) is 43.9 Å². The fraction of sp³-hybridized carbons (Fsp3) is 0.667. The third-order valence-corrected chi connectivity index (χ3v) is 1.79. The SMILES string of the molecule is C#CCC#CC(O)CCCCCC. The van der Waals surface area contributed by atoms with E-state index < -0.39 is 6.10 Å². The van der Waals surface area contributed by atoms with Crippen LogP contribution in [0, 0.1) is 24.2 Å². The normalized spacial score (nSPS) is 11.2. The molecule has 13 heavy (non-hydrogen) atoms. The van der Waals surface area contributed by atoms with Crippen LogP contribution in [0.15, 0.2) is 0 Å². The molecule has 0 aliphatic carbocycles. The van der Waals surface area contributed by atoms with Crippen LogP contribution < -0.4 is 0 Å². The Morgan fingerprint density at radius 3 is 2.69 bits per heavy atom. The lowest BCUT2D eigenvalue weighted by Crippen LogP contribution is -2.01. The molecule has 0 aliphatic heterocycles. The maximum Gasteiger partial charge on any atom is 0.114 e. The van der Waals surface area contributed by atoms with Crippen LogP contribution in [0.25, 0.3) is 0 Å². The number of aliphatic hydroxyl groups excluding tert-OH is 1. The van der Waals surface area contributed by atoms with Crippen molar-refractivity contribution in [2.45, 2.75) is 51.6 Å². The lowest BCUT2D eigenvalue weighted by Gasteiger charge is -2.01. The van der Waals surface area contributed by atoms with Gasteiger partial charge in [-0.3, -0.25) is 0 Å². The van der Waals surface area contributed by atoms with Gasteiger partial charge in [-0.05, 0) is 12.8 Å². The second-order valence-electron chi connectivity index (χ2n) is 3.07. The molecular formula is C12H18O. The third-order valence-electron chi connectivity index (χ3n) is 1.79. The molecule has 1 atom stereocenters. The first-order chi connectivity index (χ1) is 6.31. The highest BCUT2D eigenvalue weighted by molar-refractivity contribution is 5.10. The zero-order chi connectivity index (χ0) is 9.94. The summed E-state index contributed by atoms with van der Waals surface area (Å²) in [6.07, 6.45) is 10.5. The summed E-state index contributed by atoms with van der Waals surface area (Å²) in [5, 5.41) is 9.33. The lowest BCUT2D eigenvalue weighted by molar-refractivity contribution is 0.217. The van der Waals surface area contributed by atoms with Crippen molar-refractivity contribution in [3.63, 3.8) is 0 Å². The van der Waals surface area contributed by atoms with E-state index in [1.165, 1.54) is 19.3 Å². The summed E-state index contributed by atoms with van der Waals surface area (Å²) in [5.41, 5.74) is 0. The van der Waals surface area contributed by atoms with E-state index in [-0.39, 0.29) is 0 Å². The van der Waals surface area contributed by atoms with E-state index in [2.05, 4.69) is 24.7 Å². The summed E-state index contributed by atoms with van der Waals surface area (Å²) in [4.78, 5) is 0. The third kappa shape index (κ3) is 8.99. The Morgan fingerprint density at radius 2 is 2.08 bits per heavy atom. The number of unbranched alkanes of at least 4 members (excludes halogenated alkanes) is 3. The summed E-state index contributed by atoms with van der Waals surface area (Å²) < 4.78 is 0. The molecule has 1 nitrogen and oxygen atoms in total. The Kier molecular flexibility index (Phi) is 8.52. The van der Waals surface area contributed by atoms with E-state index >= 15 is 0 Å². The highest BCUT2D eigenvalue weighted by Crippen LogP contribution is 2.04. The molecule has 1 unspecified atom stereocenters. The Hall–Kier alpha value is -0.920. The Balaban J connectivity index is 3.37. The van der Waals surface area contributed by atoms with Crippen molar-refractivity contribution < 1.29 is 5.11 Å². The van der Waals surface area contributed by atoms with Crippen LogP contribution in [-0.4, -0.2) is 11.2 Å². The lowest BCUT2D eigenvalue weighted by atomic mass is 10.1. The van der Waals surface area contributed by atoms with E-state index in [0.717, 1.165) is 12.8 Å². The van der Waals surface area contributed by atoms with Gasteiger partial charge >= 0.3 is 0 Å². The first-order valence-corrected chi connectivity index (χ1v) is 4.91. The molecule has 0 aromatic rings. The van der Waals surface area contributed by atoms with Gasteiger partial charge in [0.1, 0.15) is 6.10 Å². The van der Waals surface area contributed by atoms with Gasteiger partial charge in [-0.15, -0.1) is 6.42 Å². The van der Waals surface area contributed by atoms with Crippen LogP contribution >= 0.6 is 0 Å². The van der Waals surface area contributed by atoms with Gasteiger partial charge in [0, 0.05) is 0 Å². The number of hydrogen-bond acceptors (Lipinski definition) is 1. The van der Waals surface area contributed by atoms with Crippen molar-refractivity contribution >= 4 is 0 Å². The van der Waals surface area contributed by atoms with E-state index in [1.54, 1.807) is 0 Å². The molecule has 0 saturated carbocycles. The topological polar surface area (TPSA) is 20.2 Å². The average molecular weight is 178 g/mol. The van der Waals surface area contributed by atoms with Crippen LogP contribution in [0.3, 0.4) is 0 Å². The fourth-order valence-corrected chi connectivity index (χ4v) is 1.06. The molecule has 0 radical (unpaired) electrons. The second-order valence-corrected chi connectivity index (χ2v) is 3.07. The molecule has 0 heterocycles. The van der Waals surface area contributed by atoms with Gasteiger partial charge in [0.05, 0.1) is 6.42 Å². The van der Waals surface area contributed by atoms with Crippen LogP contribution in [0.5, 0.6) is 0 Å². The highest BCUT2D eigenvalue weighted by Gasteiger charge is 1.97. The summed E-state index contributed by atoms with van der Waals surface area (Å²) in [7, 11) is 0. The van der Waals surface area contributed by atoms with Crippen molar-refractivity contribution in [2.75, 3.05) is 0 Å². The van der Waals surface area contributed by atoms with Crippen molar-refractivity contribution in [3.8, 4) is 24.2 Å². The molecule has 0 spiro atoms. The van der Waals surface area contributed by atoms with Crippen LogP contribution in [0.2, 0.25) is 0 Å². The molecule has 1 heteroatoms. The quantitative estimate of drug-likeness (QED) is 0.506. The van der Waals surface area contributed by atoms with E-state index in [9.17, 15) is 5.11 Å². The Bertz CT molecular complexity index is 201. The number of rotatable bonds is 5. The summed E-state index contributed by atoms with van der Waals surface area (Å²) in [6.45, 7) is 2.17. The molecule has 0 aromatic carbocycles. The minimum Gasteiger partial charge on any atom is -0.380 e. The molecule has 0 fully saturated rings. The molecule has 72 valence electrons. The molecule has 0 rings (SSSR count). The molecule has 0 bridgehead atoms. The number of terminal acetylenes is 1. The fourth-order valence-electron chi connectivity index (χ4n) is 1.06. The predicted octanol–water partition coefficient (Wildman–Crippen LogP) is 2.34. The molecule has 0 aliphatic rings. The Morgan fingerprint density at radius 1 is 1.31 bits per heavy atom. The first-order valence-electron chi connectivity index (χ1n) is 4.91. The van der Waals surface area contributed by atoms with E-state index in [4.69, 9.17) is 6.42 Å². The van der Waals surface area contributed by atoms with Crippen molar-refractivity contribution in [2.24, 2.45) is 0 Å². The average Bonchev–Trinajstić information content (AvgIpc) is 2.13. The van der Waals surface area contributed by atoms with Crippen molar-refractivity contribution in [1.29, 1.82) is 0 Å². The van der Waals surface area contributed by atoms with Crippen molar-refractivity contribution in [3.05, 3.63) is 0 Å². The monoisotopic (exact) mass is 178 g/mol. The largest absolute Gasteiger partial charge is 0.380 e. The van der Waals surface area contributed by atoms with Crippen LogP contribution in [-0.2, 0) is 0 Å². The molecule has 0 aromatic heterocycles. The van der Waals surface area contributed by atoms with Gasteiger partial charge < -0.3 is 5.11 Å². The molecule has 0 saturated heterocycles. The second kappa shape index (κ2) is 9.17. The summed E-state index contributed by atoms with van der Waals surface area (Å²) in [5.74, 6) is 7.88. The van der Waals surface area contributed by atoms with E-state index in [0.29, 0.717) is 6.42 Å². The number of aliphatic hydroxyl groups is 1. The highest BCUT2D eigenvalue weighted by atomic mass is 16.3. The van der Waals surface area contributed by atoms with Gasteiger partial charge in [0.25, 0.3) is 0 Å². The predicted molar refractivity (Wildman–Crippen MR) is 56.0 cm³/mol. The zero-order valence-corrected chi connectivity index (χ0v) is 8.34. The van der Waals surface area contributed by atoms with Gasteiger partial charge in [0.2, 0.25) is 0 Å². The van der Waals surface area contributed by atoms with Gasteiger partial charge in [0.15, 0.2) is 0 Å². The maximum atomic E-state index is 9.33. The van der Waals surface area contributed by atoms with Gasteiger partial charge in [-0.25, -0.2) is 0 Å². The first kappa shape index (κ1) is 12.1. The van der Waals surface area contributed by atoms with Crippen LogP contribution in [0.4, 0.5) is 0 Å². The maximum absolute atomic E-state index is 9.33. The van der Waals surface area contributed by atoms with E-state index in [1.807, 2.05) is 0 Å². The molecule has 0 amide bonds. The number of hydrogen-bond donors (Lipinski definition) is 1. The molecular weight excluding hydrogens is 160 g/mol. The van der Waals surface area contributed by atoms with Crippen LogP contribution in [0.1, 0.15) is 45.4 Å². The summed E-state index contributed by atoms with van der Waals surface area (Å²) in [6, 6.07) is 0. The summed E-state index contributed by atoms with van der Waals surface area (Å²) >= 11 is 0. The zero-order valence-electron chi connectivity index (χ0n) is 8.34. The smallest absolute Gasteiger partial charge is 0.114 e. The molecule has 1 N–H and O–H groups in total. The van der Waals surface area contributed by atoms with Gasteiger partial charge in [-0.2, -0.15) is 0 Å². The minimum absolute atomic E-state index is 0.437. The minimum atomic E-state index is -0.481. The Labute approximate surface area is 81.5 Å². The van der Waals surface area contributed by atoms with Crippen molar-refractivity contribution in [1.82, 2.24) is 0 Å². The standard InChI is InChI=1S/C12H18O/c1-3-5-7-9-11-12(13)10-8-6-4-2/h2,12-13H,3,5-7,9,11H2,1H3.